The molecule has 5 rings (SSSR count). The minimum absolute atomic E-state index is 0.102. The fourth-order valence-electron chi connectivity index (χ4n) is 4.98. The van der Waals surface area contributed by atoms with Crippen LogP contribution in [0.3, 0.4) is 0 Å². The number of aromatic amines is 1. The second kappa shape index (κ2) is 9.93. The lowest BCUT2D eigenvalue weighted by Gasteiger charge is -2.26. The number of nitriles is 1. The summed E-state index contributed by atoms with van der Waals surface area (Å²) in [4.78, 5) is 40.7. The summed E-state index contributed by atoms with van der Waals surface area (Å²) in [6.45, 7) is 9.95. The molecule has 2 N–H and O–H groups in total. The number of anilines is 3. The molecule has 0 fully saturated rings. The van der Waals surface area contributed by atoms with Gasteiger partial charge in [0.05, 0.1) is 16.9 Å². The van der Waals surface area contributed by atoms with Gasteiger partial charge in [0.25, 0.3) is 5.91 Å². The monoisotopic (exact) mass is 551 g/mol. The minimum Gasteiger partial charge on any atom is -0.443 e. The van der Waals surface area contributed by atoms with Crippen LogP contribution in [0.1, 0.15) is 56.2 Å². The van der Waals surface area contributed by atoms with Crippen molar-refractivity contribution in [2.45, 2.75) is 45.6 Å². The van der Waals surface area contributed by atoms with Gasteiger partial charge in [-0.2, -0.15) is 5.26 Å². The maximum Gasteiger partial charge on any atom is 0.414 e. The second-order valence-corrected chi connectivity index (χ2v) is 12.1. The molecule has 1 aliphatic rings. The predicted octanol–water partition coefficient (Wildman–Crippen LogP) is 5.97. The second-order valence-electron chi connectivity index (χ2n) is 12.1. The summed E-state index contributed by atoms with van der Waals surface area (Å²) in [7, 11) is 3.42. The van der Waals surface area contributed by atoms with E-state index >= 15 is 0 Å². The molecule has 0 unspecified atom stereocenters. The lowest BCUT2D eigenvalue weighted by Crippen LogP contribution is -2.38. The number of amides is 2. The van der Waals surface area contributed by atoms with Crippen molar-refractivity contribution in [1.82, 2.24) is 19.9 Å². The van der Waals surface area contributed by atoms with E-state index < -0.39 is 17.1 Å². The Morgan fingerprint density at radius 1 is 1.15 bits per heavy atom. The first kappa shape index (κ1) is 27.6. The fourth-order valence-corrected chi connectivity index (χ4v) is 4.98. The van der Waals surface area contributed by atoms with Gasteiger partial charge in [0.1, 0.15) is 17.4 Å². The molecule has 0 bridgehead atoms. The van der Waals surface area contributed by atoms with Crippen LogP contribution >= 0.6 is 0 Å². The van der Waals surface area contributed by atoms with Gasteiger partial charge in [0.15, 0.2) is 0 Å². The summed E-state index contributed by atoms with van der Waals surface area (Å²) >= 11 is 0. The molecule has 2 aromatic heterocycles. The Morgan fingerprint density at radius 2 is 1.90 bits per heavy atom. The van der Waals surface area contributed by atoms with Crippen LogP contribution in [0.25, 0.3) is 22.2 Å². The van der Waals surface area contributed by atoms with Crippen LogP contribution in [0.4, 0.5) is 22.1 Å². The van der Waals surface area contributed by atoms with Gasteiger partial charge >= 0.3 is 6.09 Å². The van der Waals surface area contributed by atoms with Crippen LogP contribution in [0, 0.1) is 11.3 Å². The number of rotatable bonds is 4. The van der Waals surface area contributed by atoms with Gasteiger partial charge in [-0.3, -0.25) is 9.69 Å². The number of hydrogen-bond acceptors (Lipinski definition) is 7. The summed E-state index contributed by atoms with van der Waals surface area (Å²) in [6.07, 6.45) is 1.18. The molecule has 0 aliphatic carbocycles. The zero-order chi connectivity index (χ0) is 29.7. The third-order valence-electron chi connectivity index (χ3n) is 6.86. The van der Waals surface area contributed by atoms with Crippen LogP contribution in [-0.4, -0.2) is 58.1 Å². The number of ether oxygens (including phenoxy) is 1. The average molecular weight is 552 g/mol. The molecule has 0 radical (unpaired) electrons. The Hall–Kier alpha value is -4.91. The van der Waals surface area contributed by atoms with E-state index in [1.54, 1.807) is 37.3 Å². The van der Waals surface area contributed by atoms with E-state index in [1.165, 1.54) is 4.90 Å². The Bertz CT molecular complexity index is 1720. The van der Waals surface area contributed by atoms with Gasteiger partial charge in [-0.1, -0.05) is 13.8 Å². The topological polar surface area (TPSA) is 127 Å². The quantitative estimate of drug-likeness (QED) is 0.320. The molecule has 210 valence electrons. The van der Waals surface area contributed by atoms with Gasteiger partial charge in [-0.15, -0.1) is 0 Å². The van der Waals surface area contributed by atoms with Crippen molar-refractivity contribution in [1.29, 1.82) is 5.26 Å². The van der Waals surface area contributed by atoms with Crippen LogP contribution in [0.15, 0.2) is 48.7 Å². The number of carbonyl (C=O) groups is 2. The van der Waals surface area contributed by atoms with E-state index in [0.29, 0.717) is 35.1 Å². The third kappa shape index (κ3) is 5.43. The first-order valence-corrected chi connectivity index (χ1v) is 13.3. The largest absolute Gasteiger partial charge is 0.443 e. The molecule has 1 aliphatic heterocycles. The number of H-pyrrole nitrogens is 1. The molecular formula is C31H33N7O3. The highest BCUT2D eigenvalue weighted by atomic mass is 16.6. The molecule has 0 spiro atoms. The Kier molecular flexibility index (Phi) is 6.70. The standard InChI is InChI=1S/C31H33N7O3/c1-30(2,3)41-29(40)38-17-31(4,5)22-14-18(12-20(16-32)26(22)38)24-10-11-33-28(36-24)34-21-8-9-23-19(13-21)15-25(35-23)27(39)37(6)7/h8-15,35H,17H2,1-7H3,(H,33,34,36). The number of nitrogens with zero attached hydrogens (tertiary/aromatic N) is 5. The lowest BCUT2D eigenvalue weighted by molar-refractivity contribution is 0.0579. The van der Waals surface area contributed by atoms with Crippen molar-refractivity contribution in [3.05, 3.63) is 65.5 Å². The zero-order valence-corrected chi connectivity index (χ0v) is 24.3. The summed E-state index contributed by atoms with van der Waals surface area (Å²) in [6, 6.07) is 15.3. The van der Waals surface area contributed by atoms with Gasteiger partial charge in [0, 0.05) is 54.4 Å². The van der Waals surface area contributed by atoms with Gasteiger partial charge < -0.3 is 19.9 Å². The van der Waals surface area contributed by atoms with E-state index in [2.05, 4.69) is 21.4 Å². The van der Waals surface area contributed by atoms with Gasteiger partial charge in [-0.25, -0.2) is 14.8 Å². The molecule has 10 nitrogen and oxygen atoms in total. The highest BCUT2D eigenvalue weighted by Crippen LogP contribution is 2.45. The Morgan fingerprint density at radius 3 is 2.59 bits per heavy atom. The first-order chi connectivity index (χ1) is 19.3. The van der Waals surface area contributed by atoms with E-state index in [0.717, 1.165) is 27.7 Å². The average Bonchev–Trinajstić information content (AvgIpc) is 3.45. The van der Waals surface area contributed by atoms with Crippen LogP contribution in [0.5, 0.6) is 0 Å². The van der Waals surface area contributed by atoms with Gasteiger partial charge in [0.2, 0.25) is 5.95 Å². The third-order valence-corrected chi connectivity index (χ3v) is 6.86. The van der Waals surface area contributed by atoms with E-state index in [9.17, 15) is 14.9 Å². The normalized spacial score (nSPS) is 14.0. The van der Waals surface area contributed by atoms with Crippen molar-refractivity contribution in [2.75, 3.05) is 30.9 Å². The molecule has 2 aromatic carbocycles. The summed E-state index contributed by atoms with van der Waals surface area (Å²) in [5, 5.41) is 14.2. The lowest BCUT2D eigenvalue weighted by atomic mass is 9.85. The highest BCUT2D eigenvalue weighted by Gasteiger charge is 2.42. The number of carbonyl (C=O) groups excluding carboxylic acids is 2. The summed E-state index contributed by atoms with van der Waals surface area (Å²) in [5.41, 5.74) is 4.29. The number of hydrogen-bond donors (Lipinski definition) is 2. The Balaban J connectivity index is 1.46. The number of fused-ring (bicyclic) bond motifs is 2. The maximum absolute atomic E-state index is 13.0. The zero-order valence-electron chi connectivity index (χ0n) is 24.3. The fraction of sp³-hybridized carbons (Fsp3) is 0.323. The van der Waals surface area contributed by atoms with Crippen molar-refractivity contribution < 1.29 is 14.3 Å². The van der Waals surface area contributed by atoms with Crippen LogP contribution < -0.4 is 10.2 Å². The van der Waals surface area contributed by atoms with Crippen LogP contribution in [-0.2, 0) is 10.2 Å². The molecule has 10 heteroatoms. The molecule has 4 aromatic rings. The van der Waals surface area contributed by atoms with Crippen molar-refractivity contribution in [3.8, 4) is 17.3 Å². The smallest absolute Gasteiger partial charge is 0.414 e. The van der Waals surface area contributed by atoms with E-state index in [-0.39, 0.29) is 5.91 Å². The SMILES string of the molecule is CN(C)C(=O)c1cc2cc(Nc3nccc(-c4cc(C#N)c5c(c4)C(C)(C)CN5C(=O)OC(C)(C)C)n3)ccc2[nH]1. The molecule has 0 saturated heterocycles. The molecular weight excluding hydrogens is 518 g/mol. The summed E-state index contributed by atoms with van der Waals surface area (Å²) in [5.74, 6) is 0.283. The number of aromatic nitrogens is 3. The van der Waals surface area contributed by atoms with Gasteiger partial charge in [-0.05, 0) is 68.8 Å². The van der Waals surface area contributed by atoms with Crippen LogP contribution in [0.2, 0.25) is 0 Å². The number of benzene rings is 2. The first-order valence-electron chi connectivity index (χ1n) is 13.3. The van der Waals surface area contributed by atoms with Crippen molar-refractivity contribution >= 4 is 40.2 Å². The molecule has 0 atom stereocenters. The highest BCUT2D eigenvalue weighted by molar-refractivity contribution is 5.98. The minimum atomic E-state index is -0.654. The predicted molar refractivity (Wildman–Crippen MR) is 158 cm³/mol. The maximum atomic E-state index is 13.0. The Labute approximate surface area is 239 Å². The number of nitrogens with one attached hydrogen (secondary N) is 2. The van der Waals surface area contributed by atoms with Crippen molar-refractivity contribution in [3.63, 3.8) is 0 Å². The molecule has 41 heavy (non-hydrogen) atoms. The molecule has 0 saturated carbocycles. The van der Waals surface area contributed by atoms with E-state index in [1.807, 2.05) is 65.0 Å². The summed E-state index contributed by atoms with van der Waals surface area (Å²) < 4.78 is 5.64. The molecule has 3 heterocycles. The van der Waals surface area contributed by atoms with Crippen molar-refractivity contribution in [2.24, 2.45) is 0 Å². The van der Waals surface area contributed by atoms with E-state index in [4.69, 9.17) is 9.72 Å². The molecule has 2 amide bonds.